The Bertz CT molecular complexity index is 1470. The zero-order valence-corrected chi connectivity index (χ0v) is 25.6. The number of carbonyl (C=O) groups excluding carboxylic acids is 1. The third-order valence-electron chi connectivity index (χ3n) is 7.41. The summed E-state index contributed by atoms with van der Waals surface area (Å²) in [6.07, 6.45) is 1.43. The maximum absolute atomic E-state index is 14.6. The van der Waals surface area contributed by atoms with Crippen molar-refractivity contribution in [3.05, 3.63) is 47.8 Å². The van der Waals surface area contributed by atoms with Gasteiger partial charge >= 0.3 is 23.7 Å². The van der Waals surface area contributed by atoms with Crippen molar-refractivity contribution in [2.75, 3.05) is 13.2 Å². The highest BCUT2D eigenvalue weighted by Crippen LogP contribution is 2.46. The van der Waals surface area contributed by atoms with E-state index in [0.29, 0.717) is 17.6 Å². The van der Waals surface area contributed by atoms with Crippen LogP contribution in [0.15, 0.2) is 40.8 Å². The Morgan fingerprint density at radius 2 is 1.57 bits per heavy atom. The van der Waals surface area contributed by atoms with Gasteiger partial charge in [-0.25, -0.2) is 0 Å². The number of halogens is 6. The van der Waals surface area contributed by atoms with Gasteiger partial charge in [0.05, 0.1) is 11.1 Å². The number of nitrogens with zero attached hydrogens (tertiary/aromatic N) is 1. The molecule has 0 saturated heterocycles. The molecule has 1 aromatic carbocycles. The molecule has 4 N–H and O–H groups in total. The van der Waals surface area contributed by atoms with Crippen LogP contribution in [-0.2, 0) is 22.4 Å². The number of hydrogen-bond acceptors (Lipinski definition) is 7. The van der Waals surface area contributed by atoms with Crippen LogP contribution in [0.5, 0.6) is 5.75 Å². The highest BCUT2D eigenvalue weighted by Gasteiger charge is 2.72. The molecule has 2 heterocycles. The van der Waals surface area contributed by atoms with Crippen molar-refractivity contribution < 1.29 is 45.0 Å². The molecule has 7 nitrogen and oxygen atoms in total. The van der Waals surface area contributed by atoms with E-state index in [9.17, 15) is 31.1 Å². The quantitative estimate of drug-likeness (QED) is 0.147. The molecule has 3 aromatic rings. The average molecular weight is 632 g/mol. The monoisotopic (exact) mass is 631 g/mol. The Hall–Kier alpha value is -3.32. The second kappa shape index (κ2) is 12.6. The fraction of sp³-hybridized carbons (Fsp3) is 0.548. The lowest BCUT2D eigenvalue weighted by Crippen LogP contribution is -2.59. The molecule has 44 heavy (non-hydrogen) atoms. The SMILES string of the molecule is CCc1ccc(-c2cc3ccc(OCC(F)(F)C(F)(F)C(F)(F)COC(=O)C(C)(C)C(N)CC(C)(C)N)cc3o2)c(CC)n1. The predicted molar refractivity (Wildman–Crippen MR) is 154 cm³/mol. The standard InChI is InChI=1S/C31H39F6N3O4/c1-7-19-10-12-21(22(8-2)40-19)24-13-18-9-11-20(14-23(18)44-24)42-16-29(32,33)31(36,37)30(34,35)17-43-26(41)28(5,6)25(38)15-27(3,4)39/h9-14,25H,7-8,15-17,38-39H2,1-6H3. The fourth-order valence-corrected chi connectivity index (χ4v) is 4.41. The minimum Gasteiger partial charge on any atom is -0.487 e. The molecule has 2 aromatic heterocycles. The van der Waals surface area contributed by atoms with Gasteiger partial charge in [0.2, 0.25) is 0 Å². The van der Waals surface area contributed by atoms with Crippen LogP contribution in [0.4, 0.5) is 26.3 Å². The smallest absolute Gasteiger partial charge is 0.378 e. The Balaban J connectivity index is 1.71. The molecule has 0 spiro atoms. The summed E-state index contributed by atoms with van der Waals surface area (Å²) in [5, 5.41) is 0.567. The zero-order valence-electron chi connectivity index (χ0n) is 25.6. The predicted octanol–water partition coefficient (Wildman–Crippen LogP) is 6.93. The molecular formula is C31H39F6N3O4. The number of aromatic nitrogens is 1. The number of aryl methyl sites for hydroxylation is 2. The van der Waals surface area contributed by atoms with Crippen LogP contribution in [0.3, 0.4) is 0 Å². The Morgan fingerprint density at radius 1 is 0.932 bits per heavy atom. The summed E-state index contributed by atoms with van der Waals surface area (Å²) in [6.45, 7) is 5.26. The van der Waals surface area contributed by atoms with E-state index in [0.717, 1.165) is 23.4 Å². The van der Waals surface area contributed by atoms with Gasteiger partial charge < -0.3 is 25.4 Å². The van der Waals surface area contributed by atoms with E-state index in [1.54, 1.807) is 19.9 Å². The molecule has 244 valence electrons. The zero-order chi connectivity index (χ0) is 33.3. The van der Waals surface area contributed by atoms with Gasteiger partial charge in [-0.1, -0.05) is 13.8 Å². The maximum atomic E-state index is 14.6. The average Bonchev–Trinajstić information content (AvgIpc) is 3.36. The number of pyridine rings is 1. The van der Waals surface area contributed by atoms with Crippen molar-refractivity contribution in [3.8, 4) is 17.1 Å². The number of carbonyl (C=O) groups is 1. The third-order valence-corrected chi connectivity index (χ3v) is 7.41. The van der Waals surface area contributed by atoms with E-state index in [-0.39, 0.29) is 17.8 Å². The van der Waals surface area contributed by atoms with Crippen LogP contribution in [0, 0.1) is 5.41 Å². The van der Waals surface area contributed by atoms with Crippen molar-refractivity contribution in [2.24, 2.45) is 16.9 Å². The summed E-state index contributed by atoms with van der Waals surface area (Å²) < 4.78 is 102. The number of ether oxygens (including phenoxy) is 2. The van der Waals surface area contributed by atoms with E-state index < -0.39 is 53.9 Å². The number of esters is 1. The summed E-state index contributed by atoms with van der Waals surface area (Å²) in [6, 6.07) is 8.30. The molecule has 0 bridgehead atoms. The number of rotatable bonds is 14. The Labute approximate surface area is 252 Å². The molecule has 0 aliphatic carbocycles. The summed E-state index contributed by atoms with van der Waals surface area (Å²) in [5.74, 6) is -18.0. The van der Waals surface area contributed by atoms with Crippen molar-refractivity contribution in [3.63, 3.8) is 0 Å². The first kappa shape index (κ1) is 35.2. The molecular weight excluding hydrogens is 592 g/mol. The molecule has 1 unspecified atom stereocenters. The van der Waals surface area contributed by atoms with Crippen LogP contribution in [0.25, 0.3) is 22.3 Å². The number of fused-ring (bicyclic) bond motifs is 1. The minimum absolute atomic E-state index is 0.0607. The van der Waals surface area contributed by atoms with Crippen LogP contribution >= 0.6 is 0 Å². The number of nitrogens with two attached hydrogens (primary N) is 2. The molecule has 13 heteroatoms. The molecule has 0 amide bonds. The second-order valence-electron chi connectivity index (χ2n) is 12.2. The van der Waals surface area contributed by atoms with E-state index in [2.05, 4.69) is 9.72 Å². The normalized spacial score (nSPS) is 14.1. The van der Waals surface area contributed by atoms with Crippen molar-refractivity contribution in [1.29, 1.82) is 0 Å². The summed E-state index contributed by atoms with van der Waals surface area (Å²) >= 11 is 0. The van der Waals surface area contributed by atoms with Crippen molar-refractivity contribution in [1.82, 2.24) is 4.98 Å². The number of hydrogen-bond donors (Lipinski definition) is 2. The van der Waals surface area contributed by atoms with Gasteiger partial charge in [0.1, 0.15) is 17.1 Å². The molecule has 0 fully saturated rings. The molecule has 1 atom stereocenters. The lowest BCUT2D eigenvalue weighted by molar-refractivity contribution is -0.322. The van der Waals surface area contributed by atoms with Gasteiger partial charge in [-0.2, -0.15) is 26.3 Å². The van der Waals surface area contributed by atoms with E-state index in [1.807, 2.05) is 26.0 Å². The maximum Gasteiger partial charge on any atom is 0.378 e. The highest BCUT2D eigenvalue weighted by atomic mass is 19.3. The first-order chi connectivity index (χ1) is 20.1. The van der Waals surface area contributed by atoms with Crippen LogP contribution < -0.4 is 16.2 Å². The molecule has 0 aliphatic rings. The lowest BCUT2D eigenvalue weighted by Gasteiger charge is -2.35. The minimum atomic E-state index is -5.94. The number of furan rings is 1. The van der Waals surface area contributed by atoms with E-state index >= 15 is 0 Å². The Kier molecular flexibility index (Phi) is 10.1. The van der Waals surface area contributed by atoms with Crippen LogP contribution in [0.1, 0.15) is 59.4 Å². The summed E-state index contributed by atoms with van der Waals surface area (Å²) in [5.41, 5.74) is 12.0. The van der Waals surface area contributed by atoms with Gasteiger partial charge in [0.25, 0.3) is 0 Å². The largest absolute Gasteiger partial charge is 0.487 e. The first-order valence-corrected chi connectivity index (χ1v) is 14.2. The van der Waals surface area contributed by atoms with Crippen molar-refractivity contribution in [2.45, 2.75) is 90.2 Å². The molecule has 0 saturated carbocycles. The lowest BCUT2D eigenvalue weighted by atomic mass is 9.79. The van der Waals surface area contributed by atoms with E-state index in [1.165, 1.54) is 32.0 Å². The number of benzene rings is 1. The fourth-order valence-electron chi connectivity index (χ4n) is 4.41. The molecule has 0 radical (unpaired) electrons. The summed E-state index contributed by atoms with van der Waals surface area (Å²) in [4.78, 5) is 17.0. The van der Waals surface area contributed by atoms with E-state index in [4.69, 9.17) is 20.6 Å². The van der Waals surface area contributed by atoms with Crippen molar-refractivity contribution >= 4 is 16.9 Å². The van der Waals surface area contributed by atoms with Gasteiger partial charge in [0.15, 0.2) is 13.2 Å². The topological polar surface area (TPSA) is 114 Å². The van der Waals surface area contributed by atoms with Gasteiger partial charge in [-0.05, 0) is 77.3 Å². The molecule has 0 aliphatic heterocycles. The van der Waals surface area contributed by atoms with Gasteiger partial charge in [-0.15, -0.1) is 0 Å². The highest BCUT2D eigenvalue weighted by molar-refractivity contribution is 5.84. The number of alkyl halides is 6. The second-order valence-corrected chi connectivity index (χ2v) is 12.2. The van der Waals surface area contributed by atoms with Crippen LogP contribution in [-0.4, -0.2) is 53.5 Å². The third kappa shape index (κ3) is 7.48. The molecule has 3 rings (SSSR count). The summed E-state index contributed by atoms with van der Waals surface area (Å²) in [7, 11) is 0. The Morgan fingerprint density at radius 3 is 2.16 bits per heavy atom. The van der Waals surface area contributed by atoms with Gasteiger partial charge in [0, 0.05) is 34.3 Å². The van der Waals surface area contributed by atoms with Crippen LogP contribution in [0.2, 0.25) is 0 Å². The van der Waals surface area contributed by atoms with Gasteiger partial charge in [-0.3, -0.25) is 9.78 Å². The first-order valence-electron chi connectivity index (χ1n) is 14.2.